The van der Waals surface area contributed by atoms with Crippen LogP contribution < -0.4 is 15.0 Å². The van der Waals surface area contributed by atoms with E-state index in [0.29, 0.717) is 31.0 Å². The Morgan fingerprint density at radius 3 is 2.56 bits per heavy atom. The van der Waals surface area contributed by atoms with E-state index < -0.39 is 11.9 Å². The highest BCUT2D eigenvalue weighted by Crippen LogP contribution is 2.35. The standard InChI is InChI=1S/C19H11Br2ClN2O3/c1-2-6-27-17-14(20)7-11(8-15(17)21)9-16-18(25)24(19(26)23-16)13-5-3-4-12(22)10-13/h1,3-5,7-10H,6H2,(H,23,26)/b16-9+. The molecule has 0 atom stereocenters. The molecule has 0 spiro atoms. The van der Waals surface area contributed by atoms with Gasteiger partial charge < -0.3 is 10.1 Å². The van der Waals surface area contributed by atoms with Crippen molar-refractivity contribution < 1.29 is 14.3 Å². The summed E-state index contributed by atoms with van der Waals surface area (Å²) in [4.78, 5) is 26.0. The van der Waals surface area contributed by atoms with E-state index in [1.165, 1.54) is 0 Å². The van der Waals surface area contributed by atoms with Gasteiger partial charge in [-0.3, -0.25) is 4.79 Å². The number of terminal acetylenes is 1. The Hall–Kier alpha value is -2.27. The van der Waals surface area contributed by atoms with Gasteiger partial charge in [0, 0.05) is 5.02 Å². The number of nitrogens with one attached hydrogen (secondary N) is 1. The van der Waals surface area contributed by atoms with Crippen molar-refractivity contribution in [1.29, 1.82) is 0 Å². The smallest absolute Gasteiger partial charge is 0.333 e. The summed E-state index contributed by atoms with van der Waals surface area (Å²) in [5, 5.41) is 3.01. The van der Waals surface area contributed by atoms with Crippen LogP contribution in [0.3, 0.4) is 0 Å². The molecule has 0 radical (unpaired) electrons. The average Bonchev–Trinajstić information content (AvgIpc) is 2.88. The third-order valence-electron chi connectivity index (χ3n) is 3.58. The maximum absolute atomic E-state index is 12.7. The zero-order chi connectivity index (χ0) is 19.6. The van der Waals surface area contributed by atoms with E-state index in [4.69, 9.17) is 22.8 Å². The summed E-state index contributed by atoms with van der Waals surface area (Å²) < 4.78 is 6.77. The predicted molar refractivity (Wildman–Crippen MR) is 112 cm³/mol. The van der Waals surface area contributed by atoms with Gasteiger partial charge in [0.1, 0.15) is 18.1 Å². The first-order chi connectivity index (χ1) is 12.9. The number of benzene rings is 2. The van der Waals surface area contributed by atoms with Crippen molar-refractivity contribution in [1.82, 2.24) is 5.32 Å². The molecule has 2 aromatic rings. The summed E-state index contributed by atoms with van der Waals surface area (Å²) in [6.07, 6.45) is 6.78. The summed E-state index contributed by atoms with van der Waals surface area (Å²) in [6, 6.07) is 9.49. The number of urea groups is 1. The number of rotatable bonds is 4. The van der Waals surface area contributed by atoms with Crippen molar-refractivity contribution in [2.24, 2.45) is 0 Å². The van der Waals surface area contributed by atoms with Gasteiger partial charge in [-0.05, 0) is 73.8 Å². The van der Waals surface area contributed by atoms with Crippen molar-refractivity contribution >= 4 is 67.2 Å². The fourth-order valence-corrected chi connectivity index (χ4v) is 4.10. The molecule has 2 aromatic carbocycles. The lowest BCUT2D eigenvalue weighted by molar-refractivity contribution is -0.113. The summed E-state index contributed by atoms with van der Waals surface area (Å²) in [5.41, 5.74) is 1.23. The quantitative estimate of drug-likeness (QED) is 0.359. The number of imide groups is 1. The molecule has 0 unspecified atom stereocenters. The number of nitrogens with zero attached hydrogens (tertiary/aromatic N) is 1. The van der Waals surface area contributed by atoms with E-state index in [9.17, 15) is 9.59 Å². The molecule has 0 saturated carbocycles. The Morgan fingerprint density at radius 2 is 1.93 bits per heavy atom. The van der Waals surface area contributed by atoms with Gasteiger partial charge in [-0.15, -0.1) is 6.42 Å². The second-order valence-corrected chi connectivity index (χ2v) is 7.56. The Bertz CT molecular complexity index is 991. The number of halogens is 3. The molecule has 1 aliphatic rings. The molecule has 0 aromatic heterocycles. The van der Waals surface area contributed by atoms with E-state index in [2.05, 4.69) is 43.1 Å². The minimum Gasteiger partial charge on any atom is -0.479 e. The molecule has 8 heteroatoms. The van der Waals surface area contributed by atoms with Crippen LogP contribution in [-0.4, -0.2) is 18.5 Å². The largest absolute Gasteiger partial charge is 0.479 e. The van der Waals surface area contributed by atoms with Crippen LogP contribution in [0.1, 0.15) is 5.56 Å². The summed E-state index contributed by atoms with van der Waals surface area (Å²) in [7, 11) is 0. The molecule has 1 heterocycles. The summed E-state index contributed by atoms with van der Waals surface area (Å²) in [5.74, 6) is 2.48. The molecule has 1 fully saturated rings. The lowest BCUT2D eigenvalue weighted by Crippen LogP contribution is -2.30. The van der Waals surface area contributed by atoms with E-state index in [0.717, 1.165) is 4.90 Å². The van der Waals surface area contributed by atoms with Crippen LogP contribution in [0.5, 0.6) is 5.75 Å². The van der Waals surface area contributed by atoms with Crippen LogP contribution in [0.4, 0.5) is 10.5 Å². The third kappa shape index (κ3) is 4.19. The van der Waals surface area contributed by atoms with Crippen molar-refractivity contribution in [3.8, 4) is 18.1 Å². The molecule has 27 heavy (non-hydrogen) atoms. The topological polar surface area (TPSA) is 58.6 Å². The Labute approximate surface area is 177 Å². The molecule has 3 amide bonds. The zero-order valence-electron chi connectivity index (χ0n) is 13.6. The van der Waals surface area contributed by atoms with Crippen LogP contribution in [0.25, 0.3) is 6.08 Å². The van der Waals surface area contributed by atoms with Gasteiger partial charge in [-0.1, -0.05) is 23.6 Å². The summed E-state index contributed by atoms with van der Waals surface area (Å²) in [6.45, 7) is 0.126. The SMILES string of the molecule is C#CCOc1c(Br)cc(/C=C2/NC(=O)N(c3cccc(Cl)c3)C2=O)cc1Br. The molecule has 1 N–H and O–H groups in total. The molecule has 1 aliphatic heterocycles. The number of carbonyl (C=O) groups excluding carboxylic acids is 2. The fourth-order valence-electron chi connectivity index (χ4n) is 2.47. The van der Waals surface area contributed by atoms with Crippen molar-refractivity contribution in [3.63, 3.8) is 0 Å². The van der Waals surface area contributed by atoms with Gasteiger partial charge in [0.15, 0.2) is 0 Å². The highest BCUT2D eigenvalue weighted by Gasteiger charge is 2.35. The number of anilines is 1. The van der Waals surface area contributed by atoms with Crippen LogP contribution in [0.2, 0.25) is 5.02 Å². The van der Waals surface area contributed by atoms with Crippen LogP contribution in [0.15, 0.2) is 51.0 Å². The van der Waals surface area contributed by atoms with Gasteiger partial charge in [-0.2, -0.15) is 0 Å². The third-order valence-corrected chi connectivity index (χ3v) is 4.99. The minimum absolute atomic E-state index is 0.126. The zero-order valence-corrected chi connectivity index (χ0v) is 17.6. The van der Waals surface area contributed by atoms with E-state index >= 15 is 0 Å². The maximum Gasteiger partial charge on any atom is 0.333 e. The van der Waals surface area contributed by atoms with Crippen LogP contribution in [0, 0.1) is 12.3 Å². The normalized spacial score (nSPS) is 15.0. The first-order valence-corrected chi connectivity index (χ1v) is 9.55. The average molecular weight is 511 g/mol. The predicted octanol–water partition coefficient (Wildman–Crippen LogP) is 4.97. The summed E-state index contributed by atoms with van der Waals surface area (Å²) >= 11 is 12.8. The van der Waals surface area contributed by atoms with Crippen LogP contribution in [-0.2, 0) is 4.79 Å². The number of amides is 3. The van der Waals surface area contributed by atoms with E-state index in [1.54, 1.807) is 42.5 Å². The Kier molecular flexibility index (Phi) is 5.90. The molecule has 0 bridgehead atoms. The first kappa shape index (κ1) is 19.5. The minimum atomic E-state index is -0.541. The van der Waals surface area contributed by atoms with E-state index in [-0.39, 0.29) is 12.3 Å². The molecule has 136 valence electrons. The fraction of sp³-hybridized carbons (Fsp3) is 0.0526. The molecule has 1 saturated heterocycles. The molecule has 5 nitrogen and oxygen atoms in total. The number of hydrogen-bond donors (Lipinski definition) is 1. The first-order valence-electron chi connectivity index (χ1n) is 7.58. The molecular weight excluding hydrogens is 499 g/mol. The lowest BCUT2D eigenvalue weighted by Gasteiger charge is -2.11. The van der Waals surface area contributed by atoms with Crippen molar-refractivity contribution in [2.75, 3.05) is 11.5 Å². The van der Waals surface area contributed by atoms with Gasteiger partial charge in [0.25, 0.3) is 5.91 Å². The van der Waals surface area contributed by atoms with Crippen molar-refractivity contribution in [2.45, 2.75) is 0 Å². The Balaban J connectivity index is 1.91. The number of hydrogen-bond acceptors (Lipinski definition) is 3. The highest BCUT2D eigenvalue weighted by molar-refractivity contribution is 9.11. The number of ether oxygens (including phenoxy) is 1. The van der Waals surface area contributed by atoms with Gasteiger partial charge in [-0.25, -0.2) is 9.69 Å². The maximum atomic E-state index is 12.7. The monoisotopic (exact) mass is 508 g/mol. The molecule has 0 aliphatic carbocycles. The molecular formula is C19H11Br2ClN2O3. The van der Waals surface area contributed by atoms with Crippen LogP contribution >= 0.6 is 43.5 Å². The van der Waals surface area contributed by atoms with E-state index in [1.807, 2.05) is 0 Å². The molecule has 3 rings (SSSR count). The second-order valence-electron chi connectivity index (χ2n) is 5.42. The Morgan fingerprint density at radius 1 is 1.22 bits per heavy atom. The van der Waals surface area contributed by atoms with Crippen molar-refractivity contribution in [3.05, 3.63) is 61.6 Å². The van der Waals surface area contributed by atoms with Gasteiger partial charge >= 0.3 is 6.03 Å². The van der Waals surface area contributed by atoms with Gasteiger partial charge in [0.05, 0.1) is 14.6 Å². The van der Waals surface area contributed by atoms with Gasteiger partial charge in [0.2, 0.25) is 0 Å². The lowest BCUT2D eigenvalue weighted by atomic mass is 10.2. The number of carbonyl (C=O) groups is 2. The highest BCUT2D eigenvalue weighted by atomic mass is 79.9. The second kappa shape index (κ2) is 8.17.